The van der Waals surface area contributed by atoms with Crippen molar-refractivity contribution >= 4 is 22.7 Å². The standard InChI is InChI=1S/C18H15N3O5/c22-17(19-14-7-5-11-3-1-2-4-13(11)14)10-20-15-8-6-12(21(24)25)9-16(15)26-18(20)23/h1-4,6,8-9,14H,5,7,10H2,(H,19,22). The molecule has 1 aliphatic rings. The van der Waals surface area contributed by atoms with E-state index in [0.29, 0.717) is 5.52 Å². The van der Waals surface area contributed by atoms with Gasteiger partial charge >= 0.3 is 5.76 Å². The molecule has 1 aromatic heterocycles. The average molecular weight is 353 g/mol. The molecular weight excluding hydrogens is 338 g/mol. The second kappa shape index (κ2) is 6.14. The van der Waals surface area contributed by atoms with Gasteiger partial charge in [0.2, 0.25) is 5.91 Å². The number of nitrogens with one attached hydrogen (secondary N) is 1. The lowest BCUT2D eigenvalue weighted by atomic mass is 10.1. The molecule has 3 aromatic rings. The van der Waals surface area contributed by atoms with Gasteiger partial charge in [0.25, 0.3) is 5.69 Å². The summed E-state index contributed by atoms with van der Waals surface area (Å²) in [6.07, 6.45) is 1.72. The van der Waals surface area contributed by atoms with E-state index >= 15 is 0 Å². The van der Waals surface area contributed by atoms with Crippen molar-refractivity contribution in [3.05, 3.63) is 74.3 Å². The third-order valence-electron chi connectivity index (χ3n) is 4.63. The first kappa shape index (κ1) is 16.1. The van der Waals surface area contributed by atoms with Crippen molar-refractivity contribution in [1.29, 1.82) is 0 Å². The fourth-order valence-corrected chi connectivity index (χ4v) is 3.41. The van der Waals surface area contributed by atoms with E-state index in [-0.39, 0.29) is 29.8 Å². The predicted octanol–water partition coefficient (Wildman–Crippen LogP) is 2.31. The number of carbonyl (C=O) groups excluding carboxylic acids is 1. The molecule has 1 heterocycles. The number of amides is 1. The van der Waals surface area contributed by atoms with Crippen LogP contribution in [-0.4, -0.2) is 15.4 Å². The van der Waals surface area contributed by atoms with Gasteiger partial charge in [-0.2, -0.15) is 0 Å². The molecular formula is C18H15N3O5. The summed E-state index contributed by atoms with van der Waals surface area (Å²) in [5, 5.41) is 13.8. The molecule has 26 heavy (non-hydrogen) atoms. The molecule has 4 rings (SSSR count). The minimum absolute atomic E-state index is 0.0753. The third-order valence-corrected chi connectivity index (χ3v) is 4.63. The van der Waals surface area contributed by atoms with Crippen LogP contribution in [0.3, 0.4) is 0 Å². The van der Waals surface area contributed by atoms with Gasteiger partial charge < -0.3 is 9.73 Å². The monoisotopic (exact) mass is 353 g/mol. The molecule has 1 amide bonds. The number of hydrogen-bond donors (Lipinski definition) is 1. The van der Waals surface area contributed by atoms with Crippen molar-refractivity contribution < 1.29 is 14.1 Å². The van der Waals surface area contributed by atoms with Crippen LogP contribution in [0.2, 0.25) is 0 Å². The number of aryl methyl sites for hydroxylation is 1. The Kier molecular flexibility index (Phi) is 3.80. The number of rotatable bonds is 4. The number of fused-ring (bicyclic) bond motifs is 2. The maximum atomic E-state index is 12.4. The van der Waals surface area contributed by atoms with Gasteiger partial charge in [0.1, 0.15) is 6.54 Å². The first-order valence-corrected chi connectivity index (χ1v) is 8.18. The lowest BCUT2D eigenvalue weighted by molar-refractivity contribution is -0.384. The van der Waals surface area contributed by atoms with Crippen LogP contribution in [0.15, 0.2) is 51.7 Å². The summed E-state index contributed by atoms with van der Waals surface area (Å²) in [4.78, 5) is 34.7. The maximum absolute atomic E-state index is 12.4. The Hall–Kier alpha value is -3.42. The van der Waals surface area contributed by atoms with E-state index < -0.39 is 10.7 Å². The molecule has 1 aliphatic carbocycles. The van der Waals surface area contributed by atoms with Crippen LogP contribution >= 0.6 is 0 Å². The first-order valence-electron chi connectivity index (χ1n) is 8.18. The van der Waals surface area contributed by atoms with E-state index in [2.05, 4.69) is 5.32 Å². The Morgan fingerprint density at radius 1 is 1.31 bits per heavy atom. The first-order chi connectivity index (χ1) is 12.5. The largest absolute Gasteiger partial charge is 0.420 e. The normalized spacial score (nSPS) is 15.8. The summed E-state index contributed by atoms with van der Waals surface area (Å²) in [6, 6.07) is 11.7. The Balaban J connectivity index is 1.56. The highest BCUT2D eigenvalue weighted by atomic mass is 16.6. The van der Waals surface area contributed by atoms with Gasteiger partial charge in [-0.3, -0.25) is 19.5 Å². The third kappa shape index (κ3) is 2.75. The summed E-state index contributed by atoms with van der Waals surface area (Å²) in [5.74, 6) is -1.03. The molecule has 0 aliphatic heterocycles. The fourth-order valence-electron chi connectivity index (χ4n) is 3.41. The van der Waals surface area contributed by atoms with Crippen LogP contribution in [0.25, 0.3) is 11.1 Å². The van der Waals surface area contributed by atoms with Crippen molar-refractivity contribution in [2.75, 3.05) is 0 Å². The van der Waals surface area contributed by atoms with Gasteiger partial charge in [0.15, 0.2) is 5.58 Å². The average Bonchev–Trinajstić information content (AvgIpc) is 3.16. The van der Waals surface area contributed by atoms with Gasteiger partial charge in [-0.1, -0.05) is 24.3 Å². The zero-order valence-corrected chi connectivity index (χ0v) is 13.7. The van der Waals surface area contributed by atoms with Crippen molar-refractivity contribution in [3.8, 4) is 0 Å². The Labute approximate surface area is 147 Å². The van der Waals surface area contributed by atoms with Crippen molar-refractivity contribution in [1.82, 2.24) is 9.88 Å². The van der Waals surface area contributed by atoms with Gasteiger partial charge in [-0.15, -0.1) is 0 Å². The summed E-state index contributed by atoms with van der Waals surface area (Å²) in [6.45, 7) is -0.206. The zero-order chi connectivity index (χ0) is 18.3. The highest BCUT2D eigenvalue weighted by molar-refractivity contribution is 5.81. The van der Waals surface area contributed by atoms with Gasteiger partial charge in [-0.25, -0.2) is 4.79 Å². The molecule has 8 nitrogen and oxygen atoms in total. The number of non-ortho nitro benzene ring substituents is 1. The van der Waals surface area contributed by atoms with Crippen LogP contribution in [0, 0.1) is 10.1 Å². The van der Waals surface area contributed by atoms with Crippen LogP contribution in [0.5, 0.6) is 0 Å². The Bertz CT molecular complexity index is 1080. The topological polar surface area (TPSA) is 107 Å². The molecule has 0 saturated heterocycles. The predicted molar refractivity (Wildman–Crippen MR) is 92.8 cm³/mol. The fraction of sp³-hybridized carbons (Fsp3) is 0.222. The highest BCUT2D eigenvalue weighted by Gasteiger charge is 2.24. The maximum Gasteiger partial charge on any atom is 0.420 e. The molecule has 1 unspecified atom stereocenters. The van der Waals surface area contributed by atoms with Crippen molar-refractivity contribution in [2.24, 2.45) is 0 Å². The van der Waals surface area contributed by atoms with Gasteiger partial charge in [0, 0.05) is 6.07 Å². The summed E-state index contributed by atoms with van der Waals surface area (Å²) in [7, 11) is 0. The summed E-state index contributed by atoms with van der Waals surface area (Å²) in [5.41, 5.74) is 2.58. The number of nitrogens with zero attached hydrogens (tertiary/aromatic N) is 2. The molecule has 0 bridgehead atoms. The number of carbonyl (C=O) groups is 1. The molecule has 0 saturated carbocycles. The number of nitro benzene ring substituents is 1. The lowest BCUT2D eigenvalue weighted by Crippen LogP contribution is -2.32. The minimum Gasteiger partial charge on any atom is -0.407 e. The number of aromatic nitrogens is 1. The molecule has 0 fully saturated rings. The Morgan fingerprint density at radius 2 is 2.12 bits per heavy atom. The van der Waals surface area contributed by atoms with E-state index in [1.165, 1.54) is 28.3 Å². The van der Waals surface area contributed by atoms with E-state index in [0.717, 1.165) is 18.4 Å². The van der Waals surface area contributed by atoms with Crippen LogP contribution < -0.4 is 11.1 Å². The van der Waals surface area contributed by atoms with Crippen LogP contribution in [-0.2, 0) is 17.8 Å². The number of oxazole rings is 1. The summed E-state index contributed by atoms with van der Waals surface area (Å²) < 4.78 is 6.22. The van der Waals surface area contributed by atoms with E-state index in [9.17, 15) is 19.7 Å². The van der Waals surface area contributed by atoms with E-state index in [1.54, 1.807) is 0 Å². The Morgan fingerprint density at radius 3 is 2.92 bits per heavy atom. The summed E-state index contributed by atoms with van der Waals surface area (Å²) >= 11 is 0. The van der Waals surface area contributed by atoms with Gasteiger partial charge in [-0.05, 0) is 30.0 Å². The second-order valence-electron chi connectivity index (χ2n) is 6.22. The SMILES string of the molecule is O=C(Cn1c(=O)oc2cc([N+](=O)[O-])ccc21)NC1CCc2ccccc21. The number of nitro groups is 1. The van der Waals surface area contributed by atoms with Crippen LogP contribution in [0.4, 0.5) is 5.69 Å². The highest BCUT2D eigenvalue weighted by Crippen LogP contribution is 2.30. The molecule has 8 heteroatoms. The molecule has 132 valence electrons. The molecule has 0 radical (unpaired) electrons. The molecule has 2 aromatic carbocycles. The van der Waals surface area contributed by atoms with E-state index in [1.807, 2.05) is 24.3 Å². The quantitative estimate of drug-likeness (QED) is 0.572. The number of benzene rings is 2. The van der Waals surface area contributed by atoms with E-state index in [4.69, 9.17) is 4.42 Å². The molecule has 1 atom stereocenters. The van der Waals surface area contributed by atoms with Crippen molar-refractivity contribution in [3.63, 3.8) is 0 Å². The second-order valence-corrected chi connectivity index (χ2v) is 6.22. The molecule has 1 N–H and O–H groups in total. The number of hydrogen-bond acceptors (Lipinski definition) is 5. The zero-order valence-electron chi connectivity index (χ0n) is 13.7. The van der Waals surface area contributed by atoms with Crippen molar-refractivity contribution in [2.45, 2.75) is 25.4 Å². The minimum atomic E-state index is -0.720. The van der Waals surface area contributed by atoms with Crippen LogP contribution in [0.1, 0.15) is 23.6 Å². The molecule has 0 spiro atoms. The smallest absolute Gasteiger partial charge is 0.407 e. The van der Waals surface area contributed by atoms with Gasteiger partial charge in [0.05, 0.1) is 22.5 Å². The lowest BCUT2D eigenvalue weighted by Gasteiger charge is -2.14.